The van der Waals surface area contributed by atoms with Gasteiger partial charge in [-0.1, -0.05) is 0 Å². The number of pyridine rings is 1. The van der Waals surface area contributed by atoms with Crippen LogP contribution < -0.4 is 5.32 Å². The Bertz CT molecular complexity index is 570. The third kappa shape index (κ3) is 3.31. The molecule has 0 radical (unpaired) electrons. The quantitative estimate of drug-likeness (QED) is 0.912. The first-order valence-corrected chi connectivity index (χ1v) is 7.59. The van der Waals surface area contributed by atoms with Gasteiger partial charge >= 0.3 is 0 Å². The molecule has 1 aliphatic rings. The molecule has 2 aromatic heterocycles. The molecule has 1 aliphatic heterocycles. The van der Waals surface area contributed by atoms with E-state index < -0.39 is 0 Å². The van der Waals surface area contributed by atoms with E-state index in [4.69, 9.17) is 4.98 Å². The van der Waals surface area contributed by atoms with Gasteiger partial charge in [-0.15, -0.1) is 0 Å². The van der Waals surface area contributed by atoms with Gasteiger partial charge in [-0.05, 0) is 45.6 Å². The van der Waals surface area contributed by atoms with Crippen LogP contribution in [0.2, 0.25) is 0 Å². The molecule has 0 saturated carbocycles. The van der Waals surface area contributed by atoms with E-state index in [1.807, 2.05) is 24.5 Å². The molecule has 0 unspecified atom stereocenters. The van der Waals surface area contributed by atoms with Crippen molar-refractivity contribution in [3.8, 4) is 11.3 Å². The first-order valence-electron chi connectivity index (χ1n) is 7.59. The second-order valence-corrected chi connectivity index (χ2v) is 5.87. The van der Waals surface area contributed by atoms with Crippen molar-refractivity contribution in [3.63, 3.8) is 0 Å². The topological polar surface area (TPSA) is 46.0 Å². The van der Waals surface area contributed by atoms with Gasteiger partial charge < -0.3 is 14.8 Å². The van der Waals surface area contributed by atoms with Crippen molar-refractivity contribution in [1.29, 1.82) is 0 Å². The molecule has 5 heteroatoms. The highest BCUT2D eigenvalue weighted by Gasteiger charge is 2.22. The molecule has 0 spiro atoms. The van der Waals surface area contributed by atoms with Crippen LogP contribution in [0.25, 0.3) is 11.3 Å². The minimum atomic E-state index is 0.391. The molecule has 0 bridgehead atoms. The van der Waals surface area contributed by atoms with E-state index in [9.17, 15) is 0 Å². The molecular weight excluding hydrogens is 262 g/mol. The number of imidazole rings is 1. The van der Waals surface area contributed by atoms with Crippen LogP contribution in [0.4, 0.5) is 0 Å². The molecule has 0 amide bonds. The standard InChI is InChI=1S/C16H23N5/c1-20(2)10-11-21-12-15(13-5-8-17-9-6-13)19-16(21)14-4-3-7-18-14/h5-6,8-9,12,14,18H,3-4,7,10-11H2,1-2H3/t14-/m0/s1. The van der Waals surface area contributed by atoms with Crippen molar-refractivity contribution in [2.45, 2.75) is 25.4 Å². The third-order valence-corrected chi connectivity index (χ3v) is 3.94. The number of rotatable bonds is 5. The zero-order valence-electron chi connectivity index (χ0n) is 12.8. The summed E-state index contributed by atoms with van der Waals surface area (Å²) in [7, 11) is 4.21. The zero-order chi connectivity index (χ0) is 14.7. The zero-order valence-corrected chi connectivity index (χ0v) is 12.8. The summed E-state index contributed by atoms with van der Waals surface area (Å²) in [6.07, 6.45) is 8.22. The van der Waals surface area contributed by atoms with Crippen LogP contribution in [-0.4, -0.2) is 46.6 Å². The second-order valence-electron chi connectivity index (χ2n) is 5.87. The maximum atomic E-state index is 4.89. The lowest BCUT2D eigenvalue weighted by molar-refractivity contribution is 0.376. The van der Waals surface area contributed by atoms with Gasteiger partial charge in [-0.2, -0.15) is 0 Å². The molecule has 2 aromatic rings. The molecule has 5 nitrogen and oxygen atoms in total. The third-order valence-electron chi connectivity index (χ3n) is 3.94. The average molecular weight is 285 g/mol. The number of hydrogen-bond donors (Lipinski definition) is 1. The lowest BCUT2D eigenvalue weighted by Gasteiger charge is -2.15. The summed E-state index contributed by atoms with van der Waals surface area (Å²) in [6, 6.07) is 4.43. The van der Waals surface area contributed by atoms with E-state index in [0.717, 1.165) is 30.9 Å². The molecule has 21 heavy (non-hydrogen) atoms. The van der Waals surface area contributed by atoms with Crippen LogP contribution in [0, 0.1) is 0 Å². The van der Waals surface area contributed by atoms with Gasteiger partial charge in [0.05, 0.1) is 11.7 Å². The van der Waals surface area contributed by atoms with Crippen LogP contribution >= 0.6 is 0 Å². The number of aromatic nitrogens is 3. The van der Waals surface area contributed by atoms with Crippen molar-refractivity contribution >= 4 is 0 Å². The predicted octanol–water partition coefficient (Wildman–Crippen LogP) is 1.93. The fourth-order valence-corrected chi connectivity index (χ4v) is 2.76. The minimum Gasteiger partial charge on any atom is -0.332 e. The van der Waals surface area contributed by atoms with E-state index in [1.165, 1.54) is 18.7 Å². The van der Waals surface area contributed by atoms with E-state index in [1.54, 1.807) is 0 Å². The largest absolute Gasteiger partial charge is 0.332 e. The normalized spacial score (nSPS) is 18.5. The first kappa shape index (κ1) is 14.2. The molecule has 3 rings (SSSR count). The van der Waals surface area contributed by atoms with E-state index >= 15 is 0 Å². The second kappa shape index (κ2) is 6.37. The summed E-state index contributed by atoms with van der Waals surface area (Å²) in [5, 5.41) is 3.56. The van der Waals surface area contributed by atoms with E-state index in [-0.39, 0.29) is 0 Å². The molecule has 0 aliphatic carbocycles. The van der Waals surface area contributed by atoms with Gasteiger partial charge in [0.1, 0.15) is 5.82 Å². The van der Waals surface area contributed by atoms with Crippen LogP contribution in [0.15, 0.2) is 30.7 Å². The van der Waals surface area contributed by atoms with Crippen molar-refractivity contribution in [2.75, 3.05) is 27.2 Å². The first-order chi connectivity index (χ1) is 10.2. The summed E-state index contributed by atoms with van der Waals surface area (Å²) in [5.41, 5.74) is 2.17. The Kier molecular flexibility index (Phi) is 4.31. The van der Waals surface area contributed by atoms with E-state index in [0.29, 0.717) is 6.04 Å². The summed E-state index contributed by atoms with van der Waals surface area (Å²) in [4.78, 5) is 11.2. The Morgan fingerprint density at radius 1 is 1.33 bits per heavy atom. The molecule has 112 valence electrons. The van der Waals surface area contributed by atoms with Gasteiger partial charge in [-0.3, -0.25) is 4.98 Å². The minimum absolute atomic E-state index is 0.391. The molecule has 1 N–H and O–H groups in total. The Balaban J connectivity index is 1.90. The highest BCUT2D eigenvalue weighted by molar-refractivity contribution is 5.57. The van der Waals surface area contributed by atoms with Crippen LogP contribution in [0.3, 0.4) is 0 Å². The Morgan fingerprint density at radius 3 is 2.81 bits per heavy atom. The monoisotopic (exact) mass is 285 g/mol. The molecule has 0 aromatic carbocycles. The van der Waals surface area contributed by atoms with Crippen molar-refractivity contribution in [1.82, 2.24) is 24.8 Å². The maximum absolute atomic E-state index is 4.89. The highest BCUT2D eigenvalue weighted by atomic mass is 15.2. The molecular formula is C16H23N5. The van der Waals surface area contributed by atoms with Crippen LogP contribution in [-0.2, 0) is 6.54 Å². The van der Waals surface area contributed by atoms with Crippen molar-refractivity contribution in [2.24, 2.45) is 0 Å². The number of likely N-dealkylation sites (N-methyl/N-ethyl adjacent to an activating group) is 1. The molecule has 1 saturated heterocycles. The summed E-state index contributed by atoms with van der Waals surface area (Å²) in [5.74, 6) is 1.17. The Hall–Kier alpha value is -1.72. The fourth-order valence-electron chi connectivity index (χ4n) is 2.76. The highest BCUT2D eigenvalue weighted by Crippen LogP contribution is 2.26. The smallest absolute Gasteiger partial charge is 0.126 e. The SMILES string of the molecule is CN(C)CCn1cc(-c2ccncc2)nc1[C@@H]1CCCN1. The predicted molar refractivity (Wildman–Crippen MR) is 84.0 cm³/mol. The number of hydrogen-bond acceptors (Lipinski definition) is 4. The van der Waals surface area contributed by atoms with Crippen LogP contribution in [0.1, 0.15) is 24.7 Å². The van der Waals surface area contributed by atoms with Crippen LogP contribution in [0.5, 0.6) is 0 Å². The van der Waals surface area contributed by atoms with Gasteiger partial charge in [0.25, 0.3) is 0 Å². The molecule has 1 atom stereocenters. The summed E-state index contributed by atoms with van der Waals surface area (Å²) < 4.78 is 2.30. The summed E-state index contributed by atoms with van der Waals surface area (Å²) in [6.45, 7) is 3.08. The lowest BCUT2D eigenvalue weighted by Crippen LogP contribution is -2.22. The van der Waals surface area contributed by atoms with E-state index in [2.05, 4.69) is 40.1 Å². The van der Waals surface area contributed by atoms with Crippen molar-refractivity contribution in [3.05, 3.63) is 36.5 Å². The van der Waals surface area contributed by atoms with Gasteiger partial charge in [-0.25, -0.2) is 4.98 Å². The fraction of sp³-hybridized carbons (Fsp3) is 0.500. The molecule has 3 heterocycles. The number of nitrogens with one attached hydrogen (secondary N) is 1. The Labute approximate surface area is 126 Å². The summed E-state index contributed by atoms with van der Waals surface area (Å²) >= 11 is 0. The van der Waals surface area contributed by atoms with Gasteiger partial charge in [0.15, 0.2) is 0 Å². The number of nitrogens with zero attached hydrogens (tertiary/aromatic N) is 4. The average Bonchev–Trinajstić information content (AvgIpc) is 3.15. The Morgan fingerprint density at radius 2 is 2.14 bits per heavy atom. The van der Waals surface area contributed by atoms with Crippen molar-refractivity contribution < 1.29 is 0 Å². The lowest BCUT2D eigenvalue weighted by atomic mass is 10.2. The van der Waals surface area contributed by atoms with Gasteiger partial charge in [0.2, 0.25) is 0 Å². The maximum Gasteiger partial charge on any atom is 0.126 e. The van der Waals surface area contributed by atoms with Gasteiger partial charge in [0, 0.05) is 37.2 Å². The molecule has 1 fully saturated rings.